The van der Waals surface area contributed by atoms with Gasteiger partial charge in [-0.1, -0.05) is 11.6 Å². The number of rotatable bonds is 4. The van der Waals surface area contributed by atoms with Crippen LogP contribution in [0.2, 0.25) is 5.02 Å². The first-order valence-electron chi connectivity index (χ1n) is 4.26. The average Bonchev–Trinajstić information content (AvgIpc) is 2.14. The summed E-state index contributed by atoms with van der Waals surface area (Å²) >= 11 is 5.54. The summed E-state index contributed by atoms with van der Waals surface area (Å²) in [6, 6.07) is 1.72. The summed E-state index contributed by atoms with van der Waals surface area (Å²) < 4.78 is 27.9. The van der Waals surface area contributed by atoms with Crippen LogP contribution in [0.5, 0.6) is 5.75 Å². The summed E-state index contributed by atoms with van der Waals surface area (Å²) in [6.45, 7) is -2.04. The first kappa shape index (κ1) is 13.3. The molecule has 0 saturated carbocycles. The molecule has 0 aliphatic carbocycles. The third-order valence-corrected chi connectivity index (χ3v) is 2.11. The number of carbonyl (C=O) groups excluding carboxylic acids is 1. The molecule has 0 bridgehead atoms. The molecule has 0 fully saturated rings. The Kier molecular flexibility index (Phi) is 3.95. The van der Waals surface area contributed by atoms with Crippen LogP contribution >= 0.6 is 11.6 Å². The molecule has 1 rings (SSSR count). The third-order valence-electron chi connectivity index (χ3n) is 1.82. The van der Waals surface area contributed by atoms with Crippen LogP contribution in [0.4, 0.5) is 14.5 Å². The number of nitrogens with zero attached hydrogens (tertiary/aromatic N) is 1. The lowest BCUT2D eigenvalue weighted by Crippen LogP contribution is -2.06. The van der Waals surface area contributed by atoms with Gasteiger partial charge in [-0.2, -0.15) is 8.78 Å². The SMILES string of the molecule is CC(=O)c1cc(OC(F)F)cc(Cl)c1[N+](=O)[O-]. The van der Waals surface area contributed by atoms with E-state index in [0.717, 1.165) is 19.1 Å². The Hall–Kier alpha value is -1.76. The summed E-state index contributed by atoms with van der Waals surface area (Å²) in [7, 11) is 0. The fraction of sp³-hybridized carbons (Fsp3) is 0.222. The fourth-order valence-electron chi connectivity index (χ4n) is 1.20. The van der Waals surface area contributed by atoms with Crippen molar-refractivity contribution in [3.05, 3.63) is 32.8 Å². The molecule has 0 unspecified atom stereocenters. The number of Topliss-reactive ketones (excluding diaryl/α,β-unsaturated/α-hetero) is 1. The van der Waals surface area contributed by atoms with Crippen molar-refractivity contribution in [3.8, 4) is 5.75 Å². The number of alkyl halides is 2. The number of nitro groups is 1. The summed E-state index contributed by atoms with van der Waals surface area (Å²) in [5.74, 6) is -1.07. The van der Waals surface area contributed by atoms with Gasteiger partial charge in [-0.05, 0) is 13.0 Å². The Morgan fingerprint density at radius 1 is 1.53 bits per heavy atom. The zero-order chi connectivity index (χ0) is 13.2. The van der Waals surface area contributed by atoms with Crippen molar-refractivity contribution in [2.75, 3.05) is 0 Å². The van der Waals surface area contributed by atoms with Crippen LogP contribution in [0.25, 0.3) is 0 Å². The van der Waals surface area contributed by atoms with E-state index < -0.39 is 33.8 Å². The van der Waals surface area contributed by atoms with Crippen molar-refractivity contribution < 1.29 is 23.2 Å². The minimum atomic E-state index is -3.10. The molecule has 0 spiro atoms. The second-order valence-electron chi connectivity index (χ2n) is 2.99. The van der Waals surface area contributed by atoms with Gasteiger partial charge in [-0.25, -0.2) is 0 Å². The number of ether oxygens (including phenoxy) is 1. The zero-order valence-electron chi connectivity index (χ0n) is 8.45. The Bertz CT molecular complexity index is 478. The molecule has 0 heterocycles. The predicted molar refractivity (Wildman–Crippen MR) is 54.7 cm³/mol. The molecule has 8 heteroatoms. The molecule has 0 radical (unpaired) electrons. The van der Waals surface area contributed by atoms with Gasteiger partial charge in [0.2, 0.25) is 0 Å². The largest absolute Gasteiger partial charge is 0.435 e. The topological polar surface area (TPSA) is 69.4 Å². The second-order valence-corrected chi connectivity index (χ2v) is 3.40. The van der Waals surface area contributed by atoms with Gasteiger partial charge in [-0.15, -0.1) is 0 Å². The number of nitro benzene ring substituents is 1. The molecule has 0 N–H and O–H groups in total. The van der Waals surface area contributed by atoms with Gasteiger partial charge < -0.3 is 4.74 Å². The van der Waals surface area contributed by atoms with Gasteiger partial charge in [0.25, 0.3) is 5.69 Å². The molecular formula is C9H6ClF2NO4. The highest BCUT2D eigenvalue weighted by Crippen LogP contribution is 2.33. The highest BCUT2D eigenvalue weighted by molar-refractivity contribution is 6.33. The fourth-order valence-corrected chi connectivity index (χ4v) is 1.48. The number of hydrogen-bond donors (Lipinski definition) is 0. The molecule has 17 heavy (non-hydrogen) atoms. The molecule has 0 aromatic heterocycles. The van der Waals surface area contributed by atoms with Crippen LogP contribution in [-0.4, -0.2) is 17.3 Å². The van der Waals surface area contributed by atoms with Crippen LogP contribution in [0, 0.1) is 10.1 Å². The second kappa shape index (κ2) is 5.05. The van der Waals surface area contributed by atoms with E-state index >= 15 is 0 Å². The number of hydrogen-bond acceptors (Lipinski definition) is 4. The van der Waals surface area contributed by atoms with Crippen molar-refractivity contribution >= 4 is 23.1 Å². The van der Waals surface area contributed by atoms with Crippen molar-refractivity contribution in [3.63, 3.8) is 0 Å². The summed E-state index contributed by atoms with van der Waals surface area (Å²) in [5.41, 5.74) is -1.00. The van der Waals surface area contributed by atoms with Gasteiger partial charge >= 0.3 is 6.61 Å². The predicted octanol–water partition coefficient (Wildman–Crippen LogP) is 3.05. The number of halogens is 3. The Labute approximate surface area is 99.1 Å². The van der Waals surface area contributed by atoms with E-state index in [2.05, 4.69) is 4.74 Å². The van der Waals surface area contributed by atoms with Gasteiger partial charge in [0.15, 0.2) is 5.78 Å². The highest BCUT2D eigenvalue weighted by atomic mass is 35.5. The molecule has 0 aliphatic heterocycles. The molecule has 5 nitrogen and oxygen atoms in total. The number of carbonyl (C=O) groups is 1. The van der Waals surface area contributed by atoms with E-state index in [0.29, 0.717) is 0 Å². The summed E-state index contributed by atoms with van der Waals surface area (Å²) in [6.07, 6.45) is 0. The molecule has 0 atom stereocenters. The Morgan fingerprint density at radius 2 is 2.12 bits per heavy atom. The minimum Gasteiger partial charge on any atom is -0.435 e. The average molecular weight is 266 g/mol. The van der Waals surface area contributed by atoms with Crippen molar-refractivity contribution in [1.29, 1.82) is 0 Å². The molecule has 1 aromatic carbocycles. The van der Waals surface area contributed by atoms with Crippen LogP contribution in [0.3, 0.4) is 0 Å². The lowest BCUT2D eigenvalue weighted by molar-refractivity contribution is -0.385. The Balaban J connectivity index is 3.36. The van der Waals surface area contributed by atoms with Crippen molar-refractivity contribution in [2.24, 2.45) is 0 Å². The van der Waals surface area contributed by atoms with E-state index in [1.54, 1.807) is 0 Å². The van der Waals surface area contributed by atoms with Gasteiger partial charge in [0.05, 0.1) is 4.92 Å². The molecule has 0 saturated heterocycles. The van der Waals surface area contributed by atoms with Crippen LogP contribution in [0.1, 0.15) is 17.3 Å². The van der Waals surface area contributed by atoms with Crippen LogP contribution in [0.15, 0.2) is 12.1 Å². The summed E-state index contributed by atoms with van der Waals surface area (Å²) in [4.78, 5) is 21.0. The van der Waals surface area contributed by atoms with E-state index in [1.807, 2.05) is 0 Å². The maximum Gasteiger partial charge on any atom is 0.387 e. The molecular weight excluding hydrogens is 260 g/mol. The molecule has 1 aromatic rings. The zero-order valence-corrected chi connectivity index (χ0v) is 9.20. The molecule has 92 valence electrons. The smallest absolute Gasteiger partial charge is 0.387 e. The van der Waals surface area contributed by atoms with E-state index in [4.69, 9.17) is 11.6 Å². The first-order chi connectivity index (χ1) is 7.82. The summed E-state index contributed by atoms with van der Waals surface area (Å²) in [5, 5.41) is 10.2. The van der Waals surface area contributed by atoms with Gasteiger partial charge in [0.1, 0.15) is 16.3 Å². The van der Waals surface area contributed by atoms with Crippen LogP contribution in [-0.2, 0) is 0 Å². The van der Waals surface area contributed by atoms with Gasteiger partial charge in [0, 0.05) is 6.07 Å². The maximum atomic E-state index is 12.0. The minimum absolute atomic E-state index is 0.377. The van der Waals surface area contributed by atoms with E-state index in [1.165, 1.54) is 0 Å². The standard InChI is InChI=1S/C9H6ClF2NO4/c1-4(14)6-2-5(17-9(11)12)3-7(10)8(6)13(15)16/h2-3,9H,1H3. The monoisotopic (exact) mass is 265 g/mol. The van der Waals surface area contributed by atoms with E-state index in [-0.39, 0.29) is 5.56 Å². The molecule has 0 amide bonds. The number of benzene rings is 1. The lowest BCUT2D eigenvalue weighted by Gasteiger charge is -2.07. The van der Waals surface area contributed by atoms with Crippen molar-refractivity contribution in [1.82, 2.24) is 0 Å². The Morgan fingerprint density at radius 3 is 2.53 bits per heavy atom. The lowest BCUT2D eigenvalue weighted by atomic mass is 10.1. The quantitative estimate of drug-likeness (QED) is 0.477. The van der Waals surface area contributed by atoms with Crippen LogP contribution < -0.4 is 4.74 Å². The number of ketones is 1. The first-order valence-corrected chi connectivity index (χ1v) is 4.64. The normalized spacial score (nSPS) is 10.4. The van der Waals surface area contributed by atoms with Crippen molar-refractivity contribution in [2.45, 2.75) is 13.5 Å². The highest BCUT2D eigenvalue weighted by Gasteiger charge is 2.24. The maximum absolute atomic E-state index is 12.0. The van der Waals surface area contributed by atoms with Gasteiger partial charge in [-0.3, -0.25) is 14.9 Å². The molecule has 0 aliphatic rings. The van der Waals surface area contributed by atoms with E-state index in [9.17, 15) is 23.7 Å². The third kappa shape index (κ3) is 3.10.